The molecule has 4 aliphatic heterocycles. The van der Waals surface area contributed by atoms with Gasteiger partial charge in [0.25, 0.3) is 0 Å². The van der Waals surface area contributed by atoms with E-state index in [1.165, 1.54) is 0 Å². The smallest absolute Gasteiger partial charge is 0.187 e. The molecule has 0 radical (unpaired) electrons. The molecular formula is C38H62O14. The van der Waals surface area contributed by atoms with Crippen LogP contribution in [0.2, 0.25) is 0 Å². The SMILES string of the molecule is CC1CCC2(OC1)OC1CC3C4CCC5(O)CC(OC6OCC(O)C(O)C6OC6OC(CO)C(O)C(O)C6O)CC(O)C5(C)C4CCC3(C)C1C2C. The van der Waals surface area contributed by atoms with Crippen molar-refractivity contribution < 1.29 is 69.3 Å². The largest absolute Gasteiger partial charge is 0.394 e. The van der Waals surface area contributed by atoms with Crippen molar-refractivity contribution in [2.75, 3.05) is 19.8 Å². The molecule has 4 aliphatic carbocycles. The molecule has 4 saturated heterocycles. The Hall–Kier alpha value is -0.560. The number of fused-ring (bicyclic) bond motifs is 7. The molecule has 0 bridgehead atoms. The third-order valence-corrected chi connectivity index (χ3v) is 16.0. The second-order valence-corrected chi connectivity index (χ2v) is 18.5. The molecular weight excluding hydrogens is 680 g/mol. The maximum absolute atomic E-state index is 12.6. The summed E-state index contributed by atoms with van der Waals surface area (Å²) in [6, 6.07) is 0. The number of ether oxygens (including phenoxy) is 6. The summed E-state index contributed by atoms with van der Waals surface area (Å²) in [6.45, 7) is 8.89. The van der Waals surface area contributed by atoms with E-state index in [2.05, 4.69) is 27.7 Å². The first kappa shape index (κ1) is 38.3. The molecule has 0 aromatic rings. The summed E-state index contributed by atoms with van der Waals surface area (Å²) in [7, 11) is 0. The third-order valence-electron chi connectivity index (χ3n) is 16.0. The van der Waals surface area contributed by atoms with Crippen LogP contribution >= 0.6 is 0 Å². The Labute approximate surface area is 305 Å². The molecule has 4 heterocycles. The van der Waals surface area contributed by atoms with E-state index in [0.29, 0.717) is 36.0 Å². The lowest BCUT2D eigenvalue weighted by molar-refractivity contribution is -0.366. The van der Waals surface area contributed by atoms with Crippen LogP contribution in [0.4, 0.5) is 0 Å². The minimum Gasteiger partial charge on any atom is -0.394 e. The summed E-state index contributed by atoms with van der Waals surface area (Å²) in [5.74, 6) is 1.67. The molecule has 1 spiro atoms. The Morgan fingerprint density at radius 2 is 1.56 bits per heavy atom. The highest BCUT2D eigenvalue weighted by atomic mass is 16.8. The first-order chi connectivity index (χ1) is 24.6. The van der Waals surface area contributed by atoms with Crippen LogP contribution in [0.15, 0.2) is 0 Å². The van der Waals surface area contributed by atoms with Crippen molar-refractivity contribution in [2.24, 2.45) is 46.3 Å². The van der Waals surface area contributed by atoms with Crippen molar-refractivity contribution >= 4 is 0 Å². The monoisotopic (exact) mass is 742 g/mol. The van der Waals surface area contributed by atoms with Gasteiger partial charge in [0.15, 0.2) is 18.4 Å². The van der Waals surface area contributed by atoms with Crippen LogP contribution in [0, 0.1) is 46.3 Å². The highest BCUT2D eigenvalue weighted by Gasteiger charge is 2.72. The van der Waals surface area contributed by atoms with E-state index in [1.807, 2.05) is 0 Å². The lowest BCUT2D eigenvalue weighted by Gasteiger charge is -2.65. The second-order valence-electron chi connectivity index (χ2n) is 18.5. The van der Waals surface area contributed by atoms with Crippen molar-refractivity contribution in [1.82, 2.24) is 0 Å². The van der Waals surface area contributed by atoms with Crippen molar-refractivity contribution in [2.45, 2.75) is 170 Å². The van der Waals surface area contributed by atoms with Crippen LogP contribution in [0.3, 0.4) is 0 Å². The van der Waals surface area contributed by atoms with Gasteiger partial charge in [0.1, 0.15) is 42.7 Å². The molecule has 52 heavy (non-hydrogen) atoms. The summed E-state index contributed by atoms with van der Waals surface area (Å²) in [5, 5.41) is 86.7. The standard InChI is InChI=1S/C38H62O14/c1-17-5-10-38(48-15-17)18(2)27-24(52-38)12-22-20-6-9-37(46)13-19(11-26(41)36(37,4)21(20)7-8-35(22,27)3)49-34-32(28(42)23(40)16-47-34)51-33-31(45)30(44)29(43)25(14-39)50-33/h17-34,39-46H,5-16H2,1-4H3. The molecule has 8 fully saturated rings. The molecule has 8 rings (SSSR count). The van der Waals surface area contributed by atoms with E-state index in [9.17, 15) is 40.9 Å². The van der Waals surface area contributed by atoms with E-state index in [1.54, 1.807) is 0 Å². The molecule has 298 valence electrons. The molecule has 0 aromatic carbocycles. The fourth-order valence-electron chi connectivity index (χ4n) is 13.0. The van der Waals surface area contributed by atoms with Gasteiger partial charge in [0, 0.05) is 30.6 Å². The normalized spacial score (nSPS) is 60.5. The topological polar surface area (TPSA) is 217 Å². The molecule has 0 aromatic heterocycles. The van der Waals surface area contributed by atoms with Gasteiger partial charge in [0.05, 0.1) is 43.7 Å². The van der Waals surface area contributed by atoms with E-state index in [4.69, 9.17) is 28.4 Å². The van der Waals surface area contributed by atoms with Gasteiger partial charge in [-0.2, -0.15) is 0 Å². The molecule has 14 heteroatoms. The van der Waals surface area contributed by atoms with Crippen molar-refractivity contribution in [3.05, 3.63) is 0 Å². The first-order valence-corrected chi connectivity index (χ1v) is 19.9. The Bertz CT molecular complexity index is 1300. The lowest BCUT2D eigenvalue weighted by atomic mass is 9.42. The van der Waals surface area contributed by atoms with Crippen LogP contribution in [0.1, 0.15) is 85.5 Å². The Morgan fingerprint density at radius 3 is 2.27 bits per heavy atom. The summed E-state index contributed by atoms with van der Waals surface area (Å²) >= 11 is 0. The maximum Gasteiger partial charge on any atom is 0.187 e. The number of hydrogen-bond donors (Lipinski definition) is 8. The fraction of sp³-hybridized carbons (Fsp3) is 1.00. The summed E-state index contributed by atoms with van der Waals surface area (Å²) < 4.78 is 36.9. The van der Waals surface area contributed by atoms with Gasteiger partial charge in [-0.15, -0.1) is 0 Å². The van der Waals surface area contributed by atoms with Crippen molar-refractivity contribution in [3.63, 3.8) is 0 Å². The van der Waals surface area contributed by atoms with Crippen LogP contribution in [-0.4, -0.2) is 146 Å². The number of rotatable bonds is 5. The van der Waals surface area contributed by atoms with E-state index >= 15 is 0 Å². The summed E-state index contributed by atoms with van der Waals surface area (Å²) in [5.41, 5.74) is -1.92. The molecule has 22 atom stereocenters. The van der Waals surface area contributed by atoms with Crippen LogP contribution in [0.5, 0.6) is 0 Å². The number of aliphatic hydroxyl groups excluding tert-OH is 7. The van der Waals surface area contributed by atoms with Gasteiger partial charge in [-0.3, -0.25) is 0 Å². The lowest BCUT2D eigenvalue weighted by Crippen LogP contribution is -2.68. The van der Waals surface area contributed by atoms with Crippen molar-refractivity contribution in [3.8, 4) is 0 Å². The van der Waals surface area contributed by atoms with E-state index < -0.39 is 90.9 Å². The minimum atomic E-state index is -1.74. The summed E-state index contributed by atoms with van der Waals surface area (Å²) in [6.07, 6.45) is -8.20. The van der Waals surface area contributed by atoms with Gasteiger partial charge < -0.3 is 69.3 Å². The molecule has 8 aliphatic rings. The fourth-order valence-corrected chi connectivity index (χ4v) is 13.0. The van der Waals surface area contributed by atoms with Gasteiger partial charge >= 0.3 is 0 Å². The molecule has 8 N–H and O–H groups in total. The van der Waals surface area contributed by atoms with Crippen LogP contribution in [-0.2, 0) is 28.4 Å². The van der Waals surface area contributed by atoms with Gasteiger partial charge in [-0.05, 0) is 73.5 Å². The second kappa shape index (κ2) is 13.5. The average molecular weight is 743 g/mol. The predicted molar refractivity (Wildman–Crippen MR) is 180 cm³/mol. The molecule has 22 unspecified atom stereocenters. The predicted octanol–water partition coefficient (Wildman–Crippen LogP) is 0.167. The Kier molecular flexibility index (Phi) is 9.97. The third kappa shape index (κ3) is 5.64. The molecule has 0 amide bonds. The quantitative estimate of drug-likeness (QED) is 0.176. The van der Waals surface area contributed by atoms with Gasteiger partial charge in [-0.25, -0.2) is 0 Å². The zero-order chi connectivity index (χ0) is 37.1. The zero-order valence-corrected chi connectivity index (χ0v) is 30.9. The average Bonchev–Trinajstić information content (AvgIpc) is 3.56. The Morgan fingerprint density at radius 1 is 0.788 bits per heavy atom. The van der Waals surface area contributed by atoms with Gasteiger partial charge in [0.2, 0.25) is 0 Å². The van der Waals surface area contributed by atoms with Crippen molar-refractivity contribution in [1.29, 1.82) is 0 Å². The van der Waals surface area contributed by atoms with E-state index in [-0.39, 0.29) is 36.9 Å². The van der Waals surface area contributed by atoms with Gasteiger partial charge in [-0.1, -0.05) is 27.7 Å². The minimum absolute atomic E-state index is 0.0952. The molecule has 14 nitrogen and oxygen atoms in total. The van der Waals surface area contributed by atoms with E-state index in [0.717, 1.165) is 45.1 Å². The highest BCUT2D eigenvalue weighted by Crippen LogP contribution is 2.72. The molecule has 4 saturated carbocycles. The zero-order valence-electron chi connectivity index (χ0n) is 30.9. The summed E-state index contributed by atoms with van der Waals surface area (Å²) in [4.78, 5) is 0. The number of hydrogen-bond acceptors (Lipinski definition) is 14. The maximum atomic E-state index is 12.6. The van der Waals surface area contributed by atoms with Crippen LogP contribution < -0.4 is 0 Å². The first-order valence-electron chi connectivity index (χ1n) is 19.9. The highest BCUT2D eigenvalue weighted by molar-refractivity contribution is 5.19. The Balaban J connectivity index is 0.967. The van der Waals surface area contributed by atoms with Crippen LogP contribution in [0.25, 0.3) is 0 Å². The number of aliphatic hydroxyl groups is 8.